The zero-order valence-electron chi connectivity index (χ0n) is 3.39. The van der Waals surface area contributed by atoms with Crippen LogP contribution in [-0.2, 0) is 11.8 Å². The lowest BCUT2D eigenvalue weighted by molar-refractivity contribution is 0.638. The molecule has 6 heavy (non-hydrogen) atoms. The Bertz CT molecular complexity index is 77.6. The molecule has 0 aromatic rings. The van der Waals surface area contributed by atoms with Gasteiger partial charge in [0.25, 0.3) is 0 Å². The Hall–Kier alpha value is 0.900. The van der Waals surface area contributed by atoms with Crippen molar-refractivity contribution < 1.29 is 4.89 Å². The zero-order valence-corrected chi connectivity index (χ0v) is 5.85. The molecular weight excluding hydrogens is 139 g/mol. The van der Waals surface area contributed by atoms with E-state index in [4.69, 9.17) is 16.1 Å². The van der Waals surface area contributed by atoms with Crippen LogP contribution in [0.25, 0.3) is 0 Å². The van der Waals surface area contributed by atoms with Crippen LogP contribution in [0.3, 0.4) is 0 Å². The van der Waals surface area contributed by atoms with Gasteiger partial charge in [0.15, 0.2) is 0 Å². The van der Waals surface area contributed by atoms with Crippen LogP contribution in [0.2, 0.25) is 0 Å². The first-order valence-corrected chi connectivity index (χ1v) is 5.42. The van der Waals surface area contributed by atoms with Crippen LogP contribution in [0.15, 0.2) is 0 Å². The van der Waals surface area contributed by atoms with Gasteiger partial charge < -0.3 is 4.89 Å². The maximum atomic E-state index is 8.52. The minimum absolute atomic E-state index is 0.518. The fourth-order valence-corrected chi connectivity index (χ4v) is 0. The van der Waals surface area contributed by atoms with Gasteiger partial charge in [-0.3, -0.25) is 0 Å². The molecule has 0 saturated heterocycles. The Labute approximate surface area is 47.2 Å². The Morgan fingerprint density at radius 1 is 2.00 bits per heavy atom. The average Bonchev–Trinajstić information content (AvgIpc) is 1.35. The van der Waals surface area contributed by atoms with Crippen molar-refractivity contribution in [2.45, 2.75) is 6.92 Å². The summed E-state index contributed by atoms with van der Waals surface area (Å²) in [4.78, 5) is 8.52. The van der Waals surface area contributed by atoms with E-state index < -0.39 is 5.62 Å². The predicted molar refractivity (Wildman–Crippen MR) is 32.9 cm³/mol. The molecule has 0 aliphatic carbocycles. The van der Waals surface area contributed by atoms with Crippen molar-refractivity contribution in [3.63, 3.8) is 0 Å². The van der Waals surface area contributed by atoms with Crippen molar-refractivity contribution in [1.29, 1.82) is 0 Å². The van der Waals surface area contributed by atoms with E-state index in [2.05, 4.69) is 11.8 Å². The van der Waals surface area contributed by atoms with Crippen LogP contribution in [0.5, 0.6) is 0 Å². The molecule has 0 saturated carbocycles. The second-order valence-electron chi connectivity index (χ2n) is 0.933. The molecule has 0 aliphatic heterocycles. The summed E-state index contributed by atoms with van der Waals surface area (Å²) >= 11 is 9.62. The summed E-state index contributed by atoms with van der Waals surface area (Å²) in [7, 11) is 0. The summed E-state index contributed by atoms with van der Waals surface area (Å²) in [5.41, 5.74) is -2.34. The highest BCUT2D eigenvalue weighted by Gasteiger charge is 1.99. The van der Waals surface area contributed by atoms with E-state index in [-0.39, 0.29) is 0 Å². The fraction of sp³-hybridized carbons (Fsp3) is 1.00. The summed E-state index contributed by atoms with van der Waals surface area (Å²) in [5.74, 6) is 0. The Morgan fingerprint density at radius 3 is 2.17 bits per heavy atom. The lowest BCUT2D eigenvalue weighted by atomic mass is 11.0. The summed E-state index contributed by atoms with van der Waals surface area (Å²) in [5, 5.41) is 0. The highest BCUT2D eigenvalue weighted by atomic mass is 35.7. The van der Waals surface area contributed by atoms with Crippen molar-refractivity contribution in [3.05, 3.63) is 0 Å². The molecule has 4 heteroatoms. The van der Waals surface area contributed by atoms with E-state index in [1.165, 1.54) is 0 Å². The predicted octanol–water partition coefficient (Wildman–Crippen LogP) is 1.55. The number of hydrogen-bond donors (Lipinski definition) is 1. The van der Waals surface area contributed by atoms with Crippen LogP contribution < -0.4 is 0 Å². The molecule has 0 spiro atoms. The fourth-order valence-electron chi connectivity index (χ4n) is 0. The van der Waals surface area contributed by atoms with Crippen LogP contribution in [-0.4, -0.2) is 11.1 Å². The summed E-state index contributed by atoms with van der Waals surface area (Å²) in [6.07, 6.45) is 0.518. The SMILES string of the molecule is CCP(O)(=S)Cl. The van der Waals surface area contributed by atoms with Crippen molar-refractivity contribution in [1.82, 2.24) is 0 Å². The molecule has 0 heterocycles. The maximum Gasteiger partial charge on any atom is 0.148 e. The first kappa shape index (κ1) is 6.90. The Kier molecular flexibility index (Phi) is 2.61. The third kappa shape index (κ3) is 4.90. The van der Waals surface area contributed by atoms with Crippen LogP contribution in [0, 0.1) is 0 Å². The molecule has 0 aromatic heterocycles. The maximum absolute atomic E-state index is 8.52. The number of rotatable bonds is 1. The normalized spacial score (nSPS) is 19.8. The summed E-state index contributed by atoms with van der Waals surface area (Å²) in [6, 6.07) is 0. The quantitative estimate of drug-likeness (QED) is 0.564. The molecule has 0 aliphatic rings. The minimum atomic E-state index is -2.34. The highest BCUT2D eigenvalue weighted by molar-refractivity contribution is 8.24. The topological polar surface area (TPSA) is 20.2 Å². The van der Waals surface area contributed by atoms with Gasteiger partial charge in [-0.2, -0.15) is 0 Å². The van der Waals surface area contributed by atoms with Crippen molar-refractivity contribution in [2.24, 2.45) is 0 Å². The van der Waals surface area contributed by atoms with E-state index in [0.29, 0.717) is 6.16 Å². The first-order valence-electron chi connectivity index (χ1n) is 1.57. The van der Waals surface area contributed by atoms with E-state index in [1.807, 2.05) is 0 Å². The average molecular weight is 145 g/mol. The van der Waals surface area contributed by atoms with E-state index in [9.17, 15) is 0 Å². The van der Waals surface area contributed by atoms with Gasteiger partial charge in [0.1, 0.15) is 5.62 Å². The Morgan fingerprint density at radius 2 is 2.17 bits per heavy atom. The smallest absolute Gasteiger partial charge is 0.148 e. The molecule has 1 atom stereocenters. The van der Waals surface area contributed by atoms with Gasteiger partial charge >= 0.3 is 0 Å². The van der Waals surface area contributed by atoms with Crippen molar-refractivity contribution in [3.8, 4) is 0 Å². The van der Waals surface area contributed by atoms with Gasteiger partial charge in [0.2, 0.25) is 0 Å². The van der Waals surface area contributed by atoms with Gasteiger partial charge in [-0.05, 0) is 0 Å². The van der Waals surface area contributed by atoms with Crippen LogP contribution in [0.1, 0.15) is 6.92 Å². The minimum Gasteiger partial charge on any atom is -0.354 e. The lowest BCUT2D eigenvalue weighted by Crippen LogP contribution is -1.67. The van der Waals surface area contributed by atoms with Gasteiger partial charge in [-0.1, -0.05) is 30.0 Å². The van der Waals surface area contributed by atoms with Crippen LogP contribution in [0.4, 0.5) is 0 Å². The molecule has 0 rings (SSSR count). The molecule has 0 aromatic carbocycles. The molecular formula is C2H6ClOPS. The van der Waals surface area contributed by atoms with Gasteiger partial charge in [0.05, 0.1) is 0 Å². The molecule has 0 bridgehead atoms. The third-order valence-electron chi connectivity index (χ3n) is 0.390. The largest absolute Gasteiger partial charge is 0.354 e. The second kappa shape index (κ2) is 2.27. The highest BCUT2D eigenvalue weighted by Crippen LogP contribution is 2.45. The molecule has 0 fully saturated rings. The van der Waals surface area contributed by atoms with E-state index in [0.717, 1.165) is 0 Å². The van der Waals surface area contributed by atoms with Crippen molar-refractivity contribution >= 4 is 28.7 Å². The second-order valence-corrected chi connectivity index (χ2v) is 6.89. The van der Waals surface area contributed by atoms with Crippen molar-refractivity contribution in [2.75, 3.05) is 6.16 Å². The number of halogens is 1. The Balaban J connectivity index is 3.48. The summed E-state index contributed by atoms with van der Waals surface area (Å²) in [6.45, 7) is 1.77. The van der Waals surface area contributed by atoms with E-state index in [1.54, 1.807) is 6.92 Å². The summed E-state index contributed by atoms with van der Waals surface area (Å²) < 4.78 is 0. The van der Waals surface area contributed by atoms with Gasteiger partial charge in [-0.25, -0.2) is 0 Å². The standard InChI is InChI=1S/C2H6ClOPS/c1-2-5(3,4)6/h2H2,1H3,(H,4,6). The monoisotopic (exact) mass is 144 g/mol. The molecule has 1 N–H and O–H groups in total. The molecule has 38 valence electrons. The van der Waals surface area contributed by atoms with E-state index >= 15 is 0 Å². The molecule has 1 nitrogen and oxygen atoms in total. The van der Waals surface area contributed by atoms with Gasteiger partial charge in [-0.15, -0.1) is 0 Å². The van der Waals surface area contributed by atoms with Gasteiger partial charge in [0, 0.05) is 6.16 Å². The lowest BCUT2D eigenvalue weighted by Gasteiger charge is -1.96. The first-order chi connectivity index (χ1) is 2.56. The van der Waals surface area contributed by atoms with Crippen LogP contribution >= 0.6 is 16.9 Å². The molecule has 0 radical (unpaired) electrons. The molecule has 0 amide bonds. The molecule has 1 unspecified atom stereocenters. The zero-order chi connectivity index (χ0) is 5.21. The number of hydrogen-bond acceptors (Lipinski definition) is 1. The third-order valence-corrected chi connectivity index (χ3v) is 2.66.